The Morgan fingerprint density at radius 2 is 1.94 bits per heavy atom. The van der Waals surface area contributed by atoms with Crippen LogP contribution >= 0.6 is 0 Å². The predicted octanol–water partition coefficient (Wildman–Crippen LogP) is 0.735. The standard InChI is InChI=1S/C13H24N2O2/c14-8-10-3-5-11(6-4-10)13(17)15-7-1-2-12(15)9-16/h10-12,16H,1-9,14H2/t10?,11?,12-/m0/s1. The molecule has 0 aromatic carbocycles. The van der Waals surface area contributed by atoms with E-state index in [0.717, 1.165) is 51.6 Å². The van der Waals surface area contributed by atoms with Crippen molar-refractivity contribution in [2.45, 2.75) is 44.6 Å². The summed E-state index contributed by atoms with van der Waals surface area (Å²) < 4.78 is 0. The van der Waals surface area contributed by atoms with Crippen LogP contribution in [0.5, 0.6) is 0 Å². The minimum Gasteiger partial charge on any atom is -0.394 e. The lowest BCUT2D eigenvalue weighted by Gasteiger charge is -2.32. The molecular weight excluding hydrogens is 216 g/mol. The van der Waals surface area contributed by atoms with Gasteiger partial charge in [0.15, 0.2) is 0 Å². The number of hydrogen-bond acceptors (Lipinski definition) is 3. The highest BCUT2D eigenvalue weighted by atomic mass is 16.3. The molecular formula is C13H24N2O2. The van der Waals surface area contributed by atoms with Crippen molar-refractivity contribution in [2.75, 3.05) is 19.7 Å². The predicted molar refractivity (Wildman–Crippen MR) is 66.3 cm³/mol. The zero-order chi connectivity index (χ0) is 12.3. The van der Waals surface area contributed by atoms with Crippen molar-refractivity contribution in [3.63, 3.8) is 0 Å². The molecule has 0 aromatic heterocycles. The van der Waals surface area contributed by atoms with E-state index < -0.39 is 0 Å². The summed E-state index contributed by atoms with van der Waals surface area (Å²) in [6.07, 6.45) is 6.13. The molecule has 4 heteroatoms. The van der Waals surface area contributed by atoms with Crippen LogP contribution in [0.1, 0.15) is 38.5 Å². The van der Waals surface area contributed by atoms with Gasteiger partial charge in [-0.05, 0) is 51.0 Å². The first-order chi connectivity index (χ1) is 8.26. The normalized spacial score (nSPS) is 34.0. The zero-order valence-electron chi connectivity index (χ0n) is 10.5. The van der Waals surface area contributed by atoms with Crippen molar-refractivity contribution < 1.29 is 9.90 Å². The van der Waals surface area contributed by atoms with E-state index in [1.165, 1.54) is 0 Å². The molecule has 1 heterocycles. The molecule has 98 valence electrons. The van der Waals surface area contributed by atoms with Gasteiger partial charge in [-0.2, -0.15) is 0 Å². The van der Waals surface area contributed by atoms with E-state index in [0.29, 0.717) is 5.92 Å². The molecule has 0 unspecified atom stereocenters. The average Bonchev–Trinajstić information content (AvgIpc) is 2.86. The third-order valence-electron chi connectivity index (χ3n) is 4.40. The number of aliphatic hydroxyl groups excluding tert-OH is 1. The second-order valence-corrected chi connectivity index (χ2v) is 5.46. The Labute approximate surface area is 103 Å². The van der Waals surface area contributed by atoms with Gasteiger partial charge >= 0.3 is 0 Å². The lowest BCUT2D eigenvalue weighted by Crippen LogP contribution is -2.42. The van der Waals surface area contributed by atoms with Crippen LogP contribution in [0.4, 0.5) is 0 Å². The Morgan fingerprint density at radius 3 is 2.53 bits per heavy atom. The summed E-state index contributed by atoms with van der Waals surface area (Å²) in [5.74, 6) is 1.08. The molecule has 4 nitrogen and oxygen atoms in total. The van der Waals surface area contributed by atoms with Crippen LogP contribution < -0.4 is 5.73 Å². The Kier molecular flexibility index (Phi) is 4.40. The van der Waals surface area contributed by atoms with Gasteiger partial charge in [-0.25, -0.2) is 0 Å². The monoisotopic (exact) mass is 240 g/mol. The molecule has 1 aliphatic carbocycles. The smallest absolute Gasteiger partial charge is 0.226 e. The molecule has 1 aliphatic heterocycles. The number of nitrogens with zero attached hydrogens (tertiary/aromatic N) is 1. The summed E-state index contributed by atoms with van der Waals surface area (Å²) in [4.78, 5) is 14.3. The van der Waals surface area contributed by atoms with Gasteiger partial charge < -0.3 is 15.7 Å². The van der Waals surface area contributed by atoms with Gasteiger partial charge in [0.25, 0.3) is 0 Å². The van der Waals surface area contributed by atoms with Gasteiger partial charge in [0.1, 0.15) is 0 Å². The van der Waals surface area contributed by atoms with Crippen LogP contribution in [0.15, 0.2) is 0 Å². The van der Waals surface area contributed by atoms with Crippen LogP contribution in [0, 0.1) is 11.8 Å². The number of rotatable bonds is 3. The molecule has 1 saturated carbocycles. The van der Waals surface area contributed by atoms with E-state index in [4.69, 9.17) is 5.73 Å². The number of hydrogen-bond donors (Lipinski definition) is 2. The van der Waals surface area contributed by atoms with Crippen LogP contribution in [-0.2, 0) is 4.79 Å². The Balaban J connectivity index is 1.88. The summed E-state index contributed by atoms with van der Waals surface area (Å²) in [6, 6.07) is 0.0785. The highest BCUT2D eigenvalue weighted by molar-refractivity contribution is 5.79. The van der Waals surface area contributed by atoms with Crippen molar-refractivity contribution in [3.8, 4) is 0 Å². The Hall–Kier alpha value is -0.610. The SMILES string of the molecule is NCC1CCC(C(=O)N2CCC[C@H]2CO)CC1. The number of likely N-dealkylation sites (tertiary alicyclic amines) is 1. The van der Waals surface area contributed by atoms with Crippen molar-refractivity contribution >= 4 is 5.91 Å². The largest absolute Gasteiger partial charge is 0.394 e. The molecule has 1 atom stereocenters. The van der Waals surface area contributed by atoms with E-state index in [1.54, 1.807) is 0 Å². The molecule has 2 aliphatic rings. The van der Waals surface area contributed by atoms with Crippen LogP contribution in [0.2, 0.25) is 0 Å². The second-order valence-electron chi connectivity index (χ2n) is 5.46. The zero-order valence-corrected chi connectivity index (χ0v) is 10.5. The highest BCUT2D eigenvalue weighted by Crippen LogP contribution is 2.31. The van der Waals surface area contributed by atoms with E-state index in [-0.39, 0.29) is 24.5 Å². The molecule has 3 N–H and O–H groups in total. The number of amides is 1. The molecule has 0 aromatic rings. The van der Waals surface area contributed by atoms with Gasteiger partial charge in [0.05, 0.1) is 12.6 Å². The molecule has 2 fully saturated rings. The maximum Gasteiger partial charge on any atom is 0.226 e. The first kappa shape index (κ1) is 12.8. The van der Waals surface area contributed by atoms with Crippen LogP contribution in [0.3, 0.4) is 0 Å². The summed E-state index contributed by atoms with van der Waals surface area (Å²) in [7, 11) is 0. The minimum absolute atomic E-state index is 0.0785. The molecule has 17 heavy (non-hydrogen) atoms. The Bertz CT molecular complexity index is 262. The summed E-state index contributed by atoms with van der Waals surface area (Å²) in [6.45, 7) is 1.70. The fourth-order valence-electron chi connectivity index (χ4n) is 3.20. The summed E-state index contributed by atoms with van der Waals surface area (Å²) >= 11 is 0. The molecule has 1 amide bonds. The average molecular weight is 240 g/mol. The van der Waals surface area contributed by atoms with Crippen molar-refractivity contribution in [1.82, 2.24) is 4.90 Å². The lowest BCUT2D eigenvalue weighted by atomic mass is 9.81. The third kappa shape index (κ3) is 2.80. The second kappa shape index (κ2) is 5.83. The maximum absolute atomic E-state index is 12.3. The van der Waals surface area contributed by atoms with E-state index in [2.05, 4.69) is 0 Å². The fourth-order valence-corrected chi connectivity index (χ4v) is 3.20. The topological polar surface area (TPSA) is 66.6 Å². The molecule has 2 rings (SSSR count). The highest BCUT2D eigenvalue weighted by Gasteiger charge is 2.34. The Morgan fingerprint density at radius 1 is 1.24 bits per heavy atom. The van der Waals surface area contributed by atoms with Gasteiger partial charge in [-0.3, -0.25) is 4.79 Å². The number of aliphatic hydroxyl groups is 1. The maximum atomic E-state index is 12.3. The molecule has 0 radical (unpaired) electrons. The van der Waals surface area contributed by atoms with Gasteiger partial charge in [-0.15, -0.1) is 0 Å². The molecule has 0 bridgehead atoms. The van der Waals surface area contributed by atoms with Crippen molar-refractivity contribution in [1.29, 1.82) is 0 Å². The number of nitrogens with two attached hydrogens (primary N) is 1. The fraction of sp³-hybridized carbons (Fsp3) is 0.923. The first-order valence-corrected chi connectivity index (χ1v) is 6.87. The first-order valence-electron chi connectivity index (χ1n) is 6.87. The van der Waals surface area contributed by atoms with Crippen LogP contribution in [-0.4, -0.2) is 41.7 Å². The third-order valence-corrected chi connectivity index (χ3v) is 4.40. The molecule has 1 saturated heterocycles. The minimum atomic E-state index is 0.0785. The van der Waals surface area contributed by atoms with E-state index in [9.17, 15) is 9.90 Å². The van der Waals surface area contributed by atoms with Crippen molar-refractivity contribution in [3.05, 3.63) is 0 Å². The van der Waals surface area contributed by atoms with E-state index >= 15 is 0 Å². The number of carbonyl (C=O) groups is 1. The van der Waals surface area contributed by atoms with Gasteiger partial charge in [0, 0.05) is 12.5 Å². The van der Waals surface area contributed by atoms with E-state index in [1.807, 2.05) is 4.90 Å². The van der Waals surface area contributed by atoms with Gasteiger partial charge in [-0.1, -0.05) is 0 Å². The quantitative estimate of drug-likeness (QED) is 0.764. The summed E-state index contributed by atoms with van der Waals surface area (Å²) in [5.41, 5.74) is 5.66. The van der Waals surface area contributed by atoms with Crippen LogP contribution in [0.25, 0.3) is 0 Å². The van der Waals surface area contributed by atoms with Gasteiger partial charge in [0.2, 0.25) is 5.91 Å². The molecule has 0 spiro atoms. The van der Waals surface area contributed by atoms with Crippen molar-refractivity contribution in [2.24, 2.45) is 17.6 Å². The lowest BCUT2D eigenvalue weighted by molar-refractivity contribution is -0.138. The summed E-state index contributed by atoms with van der Waals surface area (Å²) in [5, 5.41) is 9.25. The number of carbonyl (C=O) groups excluding carboxylic acids is 1.